The maximum absolute atomic E-state index is 13.8. The van der Waals surface area contributed by atoms with Crippen LogP contribution in [0.5, 0.6) is 0 Å². The van der Waals surface area contributed by atoms with Crippen LogP contribution in [0.25, 0.3) is 0 Å². The number of piperidine rings is 1. The molecule has 200 valence electrons. The molecule has 36 heavy (non-hydrogen) atoms. The first-order valence-corrected chi connectivity index (χ1v) is 14.2. The lowest BCUT2D eigenvalue weighted by Gasteiger charge is -2.44. The van der Waals surface area contributed by atoms with Crippen molar-refractivity contribution in [3.8, 4) is 0 Å². The van der Waals surface area contributed by atoms with Gasteiger partial charge in [-0.25, -0.2) is 4.79 Å². The summed E-state index contributed by atoms with van der Waals surface area (Å²) in [5.74, 6) is -0.428. The van der Waals surface area contributed by atoms with Crippen molar-refractivity contribution in [3.05, 3.63) is 0 Å². The van der Waals surface area contributed by atoms with Crippen molar-refractivity contribution < 1.29 is 23.9 Å². The van der Waals surface area contributed by atoms with Crippen LogP contribution in [-0.2, 0) is 19.1 Å². The number of nitrogens with zero attached hydrogens (tertiary/aromatic N) is 3. The van der Waals surface area contributed by atoms with Crippen molar-refractivity contribution >= 4 is 23.8 Å². The second-order valence-corrected chi connectivity index (χ2v) is 11.9. The molecule has 9 nitrogen and oxygen atoms in total. The number of hydrogen-bond donors (Lipinski definition) is 1. The van der Waals surface area contributed by atoms with E-state index in [2.05, 4.69) is 10.2 Å². The minimum absolute atomic E-state index is 0.0238. The van der Waals surface area contributed by atoms with Gasteiger partial charge in [0.15, 0.2) is 0 Å². The predicted molar refractivity (Wildman–Crippen MR) is 133 cm³/mol. The SMILES string of the molecule is CC(C)[C@H](NC(=O)OCCCN1CCCCC1)C(=O)N1CC[C@H]2[C@H]1C1(CCC1)C(=O)N2C(=O)C1CC1. The second kappa shape index (κ2) is 10.3. The predicted octanol–water partition coefficient (Wildman–Crippen LogP) is 2.53. The molecule has 3 heterocycles. The van der Waals surface area contributed by atoms with E-state index in [1.165, 1.54) is 24.2 Å². The van der Waals surface area contributed by atoms with Gasteiger partial charge in [-0.1, -0.05) is 26.7 Å². The van der Waals surface area contributed by atoms with E-state index in [0.717, 1.165) is 58.2 Å². The Morgan fingerprint density at radius 2 is 1.75 bits per heavy atom. The van der Waals surface area contributed by atoms with E-state index in [9.17, 15) is 19.2 Å². The molecule has 2 aliphatic carbocycles. The normalized spacial score (nSPS) is 28.2. The monoisotopic (exact) mass is 502 g/mol. The molecule has 0 radical (unpaired) electrons. The molecular weight excluding hydrogens is 460 g/mol. The van der Waals surface area contributed by atoms with Crippen molar-refractivity contribution in [2.24, 2.45) is 17.3 Å². The third-order valence-electron chi connectivity index (χ3n) is 9.11. The molecule has 3 saturated heterocycles. The molecule has 3 aliphatic heterocycles. The number of alkyl carbamates (subject to hydrolysis) is 1. The Bertz CT molecular complexity index is 877. The van der Waals surface area contributed by atoms with Crippen molar-refractivity contribution in [1.82, 2.24) is 20.0 Å². The van der Waals surface area contributed by atoms with Gasteiger partial charge in [0, 0.05) is 19.0 Å². The molecule has 0 bridgehead atoms. The van der Waals surface area contributed by atoms with Crippen LogP contribution < -0.4 is 5.32 Å². The highest BCUT2D eigenvalue weighted by atomic mass is 16.5. The lowest BCUT2D eigenvalue weighted by molar-refractivity contribution is -0.152. The molecule has 0 aromatic rings. The van der Waals surface area contributed by atoms with Gasteiger partial charge in [0.2, 0.25) is 17.7 Å². The first kappa shape index (κ1) is 25.5. The van der Waals surface area contributed by atoms with Crippen LogP contribution in [0.4, 0.5) is 4.79 Å². The second-order valence-electron chi connectivity index (χ2n) is 11.9. The molecule has 0 aromatic heterocycles. The summed E-state index contributed by atoms with van der Waals surface area (Å²) in [6, 6.07) is -1.24. The minimum Gasteiger partial charge on any atom is -0.449 e. The van der Waals surface area contributed by atoms with E-state index in [1.807, 2.05) is 18.7 Å². The van der Waals surface area contributed by atoms with Crippen LogP contribution in [0.2, 0.25) is 0 Å². The highest BCUT2D eigenvalue weighted by Crippen LogP contribution is 2.56. The molecule has 5 aliphatic rings. The Labute approximate surface area is 214 Å². The van der Waals surface area contributed by atoms with Crippen molar-refractivity contribution in [2.45, 2.75) is 96.2 Å². The number of fused-ring (bicyclic) bond motifs is 2. The zero-order valence-corrected chi connectivity index (χ0v) is 21.9. The quantitative estimate of drug-likeness (QED) is 0.405. The van der Waals surface area contributed by atoms with Gasteiger partial charge in [-0.3, -0.25) is 19.3 Å². The van der Waals surface area contributed by atoms with E-state index in [-0.39, 0.29) is 41.6 Å². The molecule has 1 N–H and O–H groups in total. The summed E-state index contributed by atoms with van der Waals surface area (Å²) in [6.07, 6.45) is 8.70. The molecule has 5 rings (SSSR count). The maximum Gasteiger partial charge on any atom is 0.407 e. The van der Waals surface area contributed by atoms with Gasteiger partial charge in [-0.15, -0.1) is 0 Å². The Morgan fingerprint density at radius 3 is 2.36 bits per heavy atom. The fourth-order valence-electron chi connectivity index (χ4n) is 6.83. The van der Waals surface area contributed by atoms with Crippen molar-refractivity contribution in [3.63, 3.8) is 0 Å². The number of ether oxygens (including phenoxy) is 1. The summed E-state index contributed by atoms with van der Waals surface area (Å²) >= 11 is 0. The Balaban J connectivity index is 1.20. The topological polar surface area (TPSA) is 99.3 Å². The Morgan fingerprint density at radius 1 is 1.03 bits per heavy atom. The summed E-state index contributed by atoms with van der Waals surface area (Å²) in [4.78, 5) is 58.6. The van der Waals surface area contributed by atoms with Crippen LogP contribution in [0, 0.1) is 17.3 Å². The molecule has 1 spiro atoms. The van der Waals surface area contributed by atoms with Gasteiger partial charge in [0.1, 0.15) is 6.04 Å². The highest BCUT2D eigenvalue weighted by molar-refractivity contribution is 6.04. The van der Waals surface area contributed by atoms with Crippen molar-refractivity contribution in [2.75, 3.05) is 32.8 Å². The average Bonchev–Trinajstić information content (AvgIpc) is 3.55. The summed E-state index contributed by atoms with van der Waals surface area (Å²) in [7, 11) is 0. The van der Waals surface area contributed by atoms with Gasteiger partial charge >= 0.3 is 6.09 Å². The lowest BCUT2D eigenvalue weighted by atomic mass is 9.64. The van der Waals surface area contributed by atoms with Gasteiger partial charge in [0.25, 0.3) is 0 Å². The largest absolute Gasteiger partial charge is 0.449 e. The smallest absolute Gasteiger partial charge is 0.407 e. The van der Waals surface area contributed by atoms with Crippen LogP contribution >= 0.6 is 0 Å². The number of carbonyl (C=O) groups excluding carboxylic acids is 4. The fraction of sp³-hybridized carbons (Fsp3) is 0.852. The van der Waals surface area contributed by atoms with E-state index in [1.54, 1.807) is 0 Å². The number of rotatable bonds is 8. The average molecular weight is 503 g/mol. The number of hydrogen-bond acceptors (Lipinski definition) is 6. The fourth-order valence-corrected chi connectivity index (χ4v) is 6.83. The third kappa shape index (κ3) is 4.63. The van der Waals surface area contributed by atoms with Crippen LogP contribution in [0.1, 0.15) is 78.1 Å². The van der Waals surface area contributed by atoms with Crippen LogP contribution in [-0.4, -0.2) is 89.4 Å². The molecule has 2 saturated carbocycles. The zero-order valence-electron chi connectivity index (χ0n) is 21.9. The first-order chi connectivity index (χ1) is 17.3. The Kier molecular flexibility index (Phi) is 7.30. The van der Waals surface area contributed by atoms with Crippen molar-refractivity contribution in [1.29, 1.82) is 0 Å². The standard InChI is InChI=1S/C27H42N4O5/c1-18(2)21(28-26(35)36-17-7-15-29-13-4-3-5-14-29)24(33)30-16-10-20-22(30)27(11-6-12-27)25(34)31(20)23(32)19-8-9-19/h18-22H,3-17H2,1-2H3,(H,28,35)/t20-,21-,22-/m0/s1. The van der Waals surface area contributed by atoms with E-state index < -0.39 is 17.6 Å². The lowest BCUT2D eigenvalue weighted by Crippen LogP contribution is -2.58. The molecule has 5 fully saturated rings. The van der Waals surface area contributed by atoms with Crippen LogP contribution in [0.15, 0.2) is 0 Å². The third-order valence-corrected chi connectivity index (χ3v) is 9.11. The van der Waals surface area contributed by atoms with E-state index in [0.29, 0.717) is 19.6 Å². The highest BCUT2D eigenvalue weighted by Gasteiger charge is 2.68. The van der Waals surface area contributed by atoms with E-state index in [4.69, 9.17) is 4.74 Å². The zero-order chi connectivity index (χ0) is 25.4. The minimum atomic E-state index is -0.723. The molecule has 0 unspecified atom stereocenters. The van der Waals surface area contributed by atoms with Gasteiger partial charge in [-0.2, -0.15) is 0 Å². The van der Waals surface area contributed by atoms with Gasteiger partial charge in [0.05, 0.1) is 24.1 Å². The molecule has 4 amide bonds. The molecule has 9 heteroatoms. The number of likely N-dealkylation sites (tertiary alicyclic amines) is 3. The summed E-state index contributed by atoms with van der Waals surface area (Å²) in [6.45, 7) is 7.80. The number of imide groups is 1. The molecular formula is C27H42N4O5. The maximum atomic E-state index is 13.8. The Hall–Kier alpha value is -2.16. The summed E-state index contributed by atoms with van der Waals surface area (Å²) in [5, 5.41) is 2.82. The number of carbonyl (C=O) groups is 4. The summed E-state index contributed by atoms with van der Waals surface area (Å²) < 4.78 is 5.43. The molecule has 0 aromatic carbocycles. The number of nitrogens with one attached hydrogen (secondary N) is 1. The molecule has 3 atom stereocenters. The van der Waals surface area contributed by atoms with E-state index >= 15 is 0 Å². The first-order valence-electron chi connectivity index (χ1n) is 14.2. The van der Waals surface area contributed by atoms with Gasteiger partial charge in [-0.05, 0) is 70.4 Å². The number of amides is 4. The van der Waals surface area contributed by atoms with Crippen LogP contribution in [0.3, 0.4) is 0 Å². The van der Waals surface area contributed by atoms with Gasteiger partial charge < -0.3 is 19.9 Å². The summed E-state index contributed by atoms with van der Waals surface area (Å²) in [5.41, 5.74) is -0.627.